The number of hydrogen-bond donors (Lipinski definition) is 0. The maximum atomic E-state index is 2.56. The van der Waals surface area contributed by atoms with Crippen molar-refractivity contribution in [3.8, 4) is 0 Å². The van der Waals surface area contributed by atoms with E-state index < -0.39 is 0 Å². The van der Waals surface area contributed by atoms with Crippen LogP contribution in [0.3, 0.4) is 0 Å². The number of benzene rings is 2. The average molecular weight is 302 g/mol. The Kier molecular flexibility index (Phi) is 2.84. The molecule has 3 aliphatic carbocycles. The third kappa shape index (κ3) is 1.90. The van der Waals surface area contributed by atoms with E-state index in [2.05, 4.69) is 56.3 Å². The van der Waals surface area contributed by atoms with E-state index in [-0.39, 0.29) is 0 Å². The monoisotopic (exact) mass is 302 g/mol. The Morgan fingerprint density at radius 2 is 1.96 bits per heavy atom. The number of hydrogen-bond acceptors (Lipinski definition) is 0. The van der Waals surface area contributed by atoms with Crippen molar-refractivity contribution in [2.45, 2.75) is 57.3 Å². The molecule has 3 unspecified atom stereocenters. The van der Waals surface area contributed by atoms with Gasteiger partial charge in [0.1, 0.15) is 0 Å². The minimum absolute atomic E-state index is 0.470. The van der Waals surface area contributed by atoms with Crippen LogP contribution >= 0.6 is 0 Å². The molecule has 1 saturated carbocycles. The third-order valence-electron chi connectivity index (χ3n) is 6.87. The summed E-state index contributed by atoms with van der Waals surface area (Å²) in [6.45, 7) is 4.58. The summed E-state index contributed by atoms with van der Waals surface area (Å²) in [7, 11) is 0. The van der Waals surface area contributed by atoms with E-state index >= 15 is 0 Å². The van der Waals surface area contributed by atoms with Crippen molar-refractivity contribution in [3.05, 3.63) is 59.2 Å². The van der Waals surface area contributed by atoms with Crippen LogP contribution in [-0.2, 0) is 11.8 Å². The van der Waals surface area contributed by atoms with E-state index in [0.29, 0.717) is 11.3 Å². The standard InChI is InChI=1S/C23H26/c1-15(2)17-6-7-18-13-22-19(12-20(18)11-17)4-3-9-23(22)14-16-5-8-21(23)10-16/h5-8,11-13,15-16,21H,3-4,9-10,14H2,1-2H3. The van der Waals surface area contributed by atoms with Gasteiger partial charge in [0, 0.05) is 5.41 Å². The largest absolute Gasteiger partial charge is 0.0851 e. The van der Waals surface area contributed by atoms with Crippen molar-refractivity contribution in [2.75, 3.05) is 0 Å². The Balaban J connectivity index is 1.69. The van der Waals surface area contributed by atoms with Crippen molar-refractivity contribution in [1.82, 2.24) is 0 Å². The second-order valence-corrected chi connectivity index (χ2v) is 8.47. The van der Waals surface area contributed by atoms with E-state index in [4.69, 9.17) is 0 Å². The molecule has 0 heteroatoms. The summed E-state index contributed by atoms with van der Waals surface area (Å²) in [5.41, 5.74) is 5.28. The molecule has 0 heterocycles. The number of aryl methyl sites for hydroxylation is 1. The van der Waals surface area contributed by atoms with Gasteiger partial charge in [0.25, 0.3) is 0 Å². The lowest BCUT2D eigenvalue weighted by molar-refractivity contribution is 0.304. The molecule has 3 atom stereocenters. The van der Waals surface area contributed by atoms with Crippen LogP contribution in [0.4, 0.5) is 0 Å². The number of fused-ring (bicyclic) bond motifs is 6. The van der Waals surface area contributed by atoms with Crippen LogP contribution in [0.25, 0.3) is 10.8 Å². The molecular formula is C23H26. The average Bonchev–Trinajstić information content (AvgIpc) is 3.14. The Bertz CT molecular complexity index is 810. The van der Waals surface area contributed by atoms with Gasteiger partial charge in [-0.3, -0.25) is 0 Å². The molecule has 2 bridgehead atoms. The van der Waals surface area contributed by atoms with E-state index in [1.165, 1.54) is 48.4 Å². The van der Waals surface area contributed by atoms with Gasteiger partial charge in [-0.2, -0.15) is 0 Å². The summed E-state index contributed by atoms with van der Waals surface area (Å²) in [4.78, 5) is 0. The summed E-state index contributed by atoms with van der Waals surface area (Å²) in [5, 5.41) is 2.90. The van der Waals surface area contributed by atoms with Crippen molar-refractivity contribution in [3.63, 3.8) is 0 Å². The van der Waals surface area contributed by atoms with Crippen LogP contribution in [0.15, 0.2) is 42.5 Å². The van der Waals surface area contributed by atoms with E-state index in [1.54, 1.807) is 11.1 Å². The highest BCUT2D eigenvalue weighted by atomic mass is 14.5. The maximum absolute atomic E-state index is 2.56. The van der Waals surface area contributed by atoms with Crippen LogP contribution in [-0.4, -0.2) is 0 Å². The summed E-state index contributed by atoms with van der Waals surface area (Å²) in [6, 6.07) is 12.2. The Morgan fingerprint density at radius 1 is 1.04 bits per heavy atom. The Labute approximate surface area is 139 Å². The minimum atomic E-state index is 0.470. The first-order chi connectivity index (χ1) is 11.2. The van der Waals surface area contributed by atoms with Gasteiger partial charge in [-0.1, -0.05) is 56.3 Å². The van der Waals surface area contributed by atoms with Crippen molar-refractivity contribution < 1.29 is 0 Å². The molecule has 0 amide bonds. The lowest BCUT2D eigenvalue weighted by atomic mass is 9.63. The topological polar surface area (TPSA) is 0 Å². The fourth-order valence-corrected chi connectivity index (χ4v) is 5.67. The first kappa shape index (κ1) is 13.8. The molecule has 1 fully saturated rings. The lowest BCUT2D eigenvalue weighted by Gasteiger charge is -2.41. The lowest BCUT2D eigenvalue weighted by Crippen LogP contribution is -2.35. The van der Waals surface area contributed by atoms with E-state index in [1.807, 2.05) is 0 Å². The predicted molar refractivity (Wildman–Crippen MR) is 98.0 cm³/mol. The highest BCUT2D eigenvalue weighted by molar-refractivity contribution is 5.85. The molecule has 2 aromatic rings. The predicted octanol–water partition coefficient (Wildman–Crippen LogP) is 6.13. The smallest absolute Gasteiger partial charge is 0.00246 e. The quantitative estimate of drug-likeness (QED) is 0.556. The van der Waals surface area contributed by atoms with Crippen LogP contribution in [0, 0.1) is 11.8 Å². The zero-order valence-corrected chi connectivity index (χ0v) is 14.3. The van der Waals surface area contributed by atoms with Gasteiger partial charge >= 0.3 is 0 Å². The van der Waals surface area contributed by atoms with Gasteiger partial charge in [-0.25, -0.2) is 0 Å². The molecule has 23 heavy (non-hydrogen) atoms. The molecule has 5 rings (SSSR count). The molecular weight excluding hydrogens is 276 g/mol. The van der Waals surface area contributed by atoms with E-state index in [0.717, 1.165) is 11.8 Å². The maximum Gasteiger partial charge on any atom is 0.00246 e. The van der Waals surface area contributed by atoms with Gasteiger partial charge in [0.05, 0.1) is 0 Å². The first-order valence-electron chi connectivity index (χ1n) is 9.41. The second kappa shape index (κ2) is 4.72. The highest BCUT2D eigenvalue weighted by Crippen LogP contribution is 2.58. The molecule has 2 aromatic carbocycles. The molecule has 0 saturated heterocycles. The van der Waals surface area contributed by atoms with Crippen LogP contribution in [0.1, 0.15) is 62.1 Å². The normalized spacial score (nSPS) is 31.4. The van der Waals surface area contributed by atoms with Gasteiger partial charge in [-0.05, 0) is 77.3 Å². The minimum Gasteiger partial charge on any atom is -0.0851 e. The molecule has 0 aromatic heterocycles. The van der Waals surface area contributed by atoms with Crippen molar-refractivity contribution in [2.24, 2.45) is 11.8 Å². The molecule has 0 radical (unpaired) electrons. The molecule has 118 valence electrons. The summed E-state index contributed by atoms with van der Waals surface area (Å²) < 4.78 is 0. The zero-order valence-electron chi connectivity index (χ0n) is 14.3. The summed E-state index contributed by atoms with van der Waals surface area (Å²) in [5.74, 6) is 2.27. The SMILES string of the molecule is CC(C)c1ccc2cc3c(cc2c1)CCCC31CC2C=CC1C2. The fourth-order valence-electron chi connectivity index (χ4n) is 5.67. The van der Waals surface area contributed by atoms with E-state index in [9.17, 15) is 0 Å². The number of rotatable bonds is 1. The highest BCUT2D eigenvalue weighted by Gasteiger charge is 2.50. The van der Waals surface area contributed by atoms with Crippen LogP contribution in [0.5, 0.6) is 0 Å². The molecule has 1 spiro atoms. The Hall–Kier alpha value is -1.56. The van der Waals surface area contributed by atoms with Gasteiger partial charge in [-0.15, -0.1) is 0 Å². The zero-order chi connectivity index (χ0) is 15.6. The van der Waals surface area contributed by atoms with Gasteiger partial charge < -0.3 is 0 Å². The third-order valence-corrected chi connectivity index (χ3v) is 6.87. The van der Waals surface area contributed by atoms with Gasteiger partial charge in [0.15, 0.2) is 0 Å². The van der Waals surface area contributed by atoms with Crippen LogP contribution in [0.2, 0.25) is 0 Å². The molecule has 0 N–H and O–H groups in total. The van der Waals surface area contributed by atoms with Crippen LogP contribution < -0.4 is 0 Å². The van der Waals surface area contributed by atoms with Gasteiger partial charge in [0.2, 0.25) is 0 Å². The molecule has 3 aliphatic rings. The Morgan fingerprint density at radius 3 is 2.70 bits per heavy atom. The number of allylic oxidation sites excluding steroid dienone is 2. The van der Waals surface area contributed by atoms with Crippen molar-refractivity contribution >= 4 is 10.8 Å². The summed E-state index contributed by atoms with van der Waals surface area (Å²) in [6.07, 6.45) is 11.9. The van der Waals surface area contributed by atoms with Crippen molar-refractivity contribution in [1.29, 1.82) is 0 Å². The summed E-state index contributed by atoms with van der Waals surface area (Å²) >= 11 is 0. The first-order valence-corrected chi connectivity index (χ1v) is 9.41. The second-order valence-electron chi connectivity index (χ2n) is 8.47. The fraction of sp³-hybridized carbons (Fsp3) is 0.478. The molecule has 0 aliphatic heterocycles. The molecule has 0 nitrogen and oxygen atoms in total.